The van der Waals surface area contributed by atoms with Crippen molar-refractivity contribution in [2.75, 3.05) is 25.5 Å². The number of likely N-dealkylation sites (tertiary alicyclic amines) is 1. The number of carbonyl (C=O) groups is 1. The maximum Gasteiger partial charge on any atom is 0.253 e. The zero-order valence-electron chi connectivity index (χ0n) is 22.5. The highest BCUT2D eigenvalue weighted by atomic mass is 35.5. The minimum atomic E-state index is -0.711. The molecule has 0 spiro atoms. The summed E-state index contributed by atoms with van der Waals surface area (Å²) in [4.78, 5) is 28.6. The molecule has 0 bridgehead atoms. The summed E-state index contributed by atoms with van der Waals surface area (Å²) in [5.74, 6) is -1.10. The molecule has 208 valence electrons. The fourth-order valence-corrected chi connectivity index (χ4v) is 5.44. The fraction of sp³-hybridized carbons (Fsp3) is 0.226. The lowest BCUT2D eigenvalue weighted by atomic mass is 9.95. The van der Waals surface area contributed by atoms with Gasteiger partial charge in [0, 0.05) is 57.8 Å². The number of aliphatic imine (C=N–C) groups is 1. The van der Waals surface area contributed by atoms with E-state index >= 15 is 0 Å². The molecule has 0 saturated carbocycles. The highest BCUT2D eigenvalue weighted by Crippen LogP contribution is 2.35. The predicted octanol–water partition coefficient (Wildman–Crippen LogP) is 5.99. The minimum Gasteiger partial charge on any atom is -0.337 e. The average molecular weight is 573 g/mol. The molecular formula is C31H27ClF2N6O. The molecule has 2 N–H and O–H groups in total. The minimum absolute atomic E-state index is 0.00540. The van der Waals surface area contributed by atoms with Crippen LogP contribution in [0.4, 0.5) is 20.4 Å². The van der Waals surface area contributed by atoms with Crippen molar-refractivity contribution in [1.29, 1.82) is 0 Å². The molecule has 1 unspecified atom stereocenters. The number of fused-ring (bicyclic) bond motifs is 3. The van der Waals surface area contributed by atoms with Gasteiger partial charge in [-0.05, 0) is 68.9 Å². The van der Waals surface area contributed by atoms with Crippen LogP contribution in [0, 0.1) is 11.6 Å². The van der Waals surface area contributed by atoms with E-state index in [-0.39, 0.29) is 29.3 Å². The summed E-state index contributed by atoms with van der Waals surface area (Å²) >= 11 is 6.31. The molecule has 1 fully saturated rings. The van der Waals surface area contributed by atoms with Crippen LogP contribution in [0.1, 0.15) is 40.4 Å². The van der Waals surface area contributed by atoms with E-state index in [9.17, 15) is 13.6 Å². The van der Waals surface area contributed by atoms with Crippen molar-refractivity contribution in [3.63, 3.8) is 0 Å². The van der Waals surface area contributed by atoms with Gasteiger partial charge in [-0.15, -0.1) is 0 Å². The van der Waals surface area contributed by atoms with E-state index in [0.717, 1.165) is 6.42 Å². The van der Waals surface area contributed by atoms with E-state index in [4.69, 9.17) is 16.6 Å². The smallest absolute Gasteiger partial charge is 0.253 e. The number of hydrogen-bond acceptors (Lipinski definition) is 6. The molecule has 1 atom stereocenters. The molecule has 0 aliphatic carbocycles. The number of likely N-dealkylation sites (N-methyl/N-ethyl adjacent to an activating group) is 1. The number of nitrogens with one attached hydrogen (secondary N) is 2. The number of benzene rings is 3. The Balaban J connectivity index is 1.28. The molecule has 6 rings (SSSR count). The van der Waals surface area contributed by atoms with Gasteiger partial charge in [-0.25, -0.2) is 18.7 Å². The molecule has 3 heterocycles. The van der Waals surface area contributed by atoms with Gasteiger partial charge in [-0.2, -0.15) is 0 Å². The first-order valence-corrected chi connectivity index (χ1v) is 13.6. The van der Waals surface area contributed by atoms with Crippen LogP contribution >= 0.6 is 11.6 Å². The second-order valence-electron chi connectivity index (χ2n) is 10.5. The monoisotopic (exact) mass is 572 g/mol. The largest absolute Gasteiger partial charge is 0.337 e. The maximum atomic E-state index is 14.8. The van der Waals surface area contributed by atoms with Gasteiger partial charge in [0.2, 0.25) is 5.95 Å². The highest BCUT2D eigenvalue weighted by Gasteiger charge is 2.35. The Morgan fingerprint density at radius 2 is 1.80 bits per heavy atom. The zero-order valence-corrected chi connectivity index (χ0v) is 23.3. The summed E-state index contributed by atoms with van der Waals surface area (Å²) in [6, 6.07) is 16.0. The molecule has 3 aromatic carbocycles. The van der Waals surface area contributed by atoms with Crippen molar-refractivity contribution in [3.8, 4) is 11.3 Å². The normalized spacial score (nSPS) is 17.9. The van der Waals surface area contributed by atoms with E-state index < -0.39 is 11.6 Å². The number of aromatic nitrogens is 2. The number of amides is 1. The number of nitrogens with zero attached hydrogens (tertiary/aromatic N) is 4. The Morgan fingerprint density at radius 3 is 2.51 bits per heavy atom. The molecule has 41 heavy (non-hydrogen) atoms. The molecule has 1 aromatic heterocycles. The molecule has 2 aliphatic rings. The first kappa shape index (κ1) is 27.0. The van der Waals surface area contributed by atoms with Crippen LogP contribution < -0.4 is 10.6 Å². The quantitative estimate of drug-likeness (QED) is 0.307. The van der Waals surface area contributed by atoms with Gasteiger partial charge in [-0.1, -0.05) is 23.7 Å². The number of hydrogen-bond donors (Lipinski definition) is 2. The third kappa shape index (κ3) is 5.18. The molecule has 4 aromatic rings. The van der Waals surface area contributed by atoms with Crippen LogP contribution in [0.2, 0.25) is 5.02 Å². The van der Waals surface area contributed by atoms with E-state index in [0.29, 0.717) is 57.7 Å². The van der Waals surface area contributed by atoms with E-state index in [1.165, 1.54) is 18.2 Å². The fourth-order valence-electron chi connectivity index (χ4n) is 5.27. The van der Waals surface area contributed by atoms with Gasteiger partial charge in [-0.3, -0.25) is 9.79 Å². The van der Waals surface area contributed by atoms with Crippen LogP contribution in [0.15, 0.2) is 71.9 Å². The Labute approximate surface area is 241 Å². The first-order valence-electron chi connectivity index (χ1n) is 13.2. The van der Waals surface area contributed by atoms with Crippen LogP contribution in [0.5, 0.6) is 0 Å². The number of carbonyl (C=O) groups excluding carboxylic acids is 1. The summed E-state index contributed by atoms with van der Waals surface area (Å²) in [6.07, 6.45) is 2.55. The Morgan fingerprint density at radius 1 is 1.05 bits per heavy atom. The van der Waals surface area contributed by atoms with Crippen molar-refractivity contribution < 1.29 is 13.6 Å². The Kier molecular flexibility index (Phi) is 7.01. The van der Waals surface area contributed by atoms with E-state index in [1.807, 2.05) is 24.1 Å². The molecule has 1 amide bonds. The third-order valence-electron chi connectivity index (χ3n) is 7.72. The molecule has 0 radical (unpaired) electrons. The first-order chi connectivity index (χ1) is 19.7. The van der Waals surface area contributed by atoms with Crippen LogP contribution in [-0.4, -0.2) is 52.2 Å². The lowest BCUT2D eigenvalue weighted by Crippen LogP contribution is -2.43. The predicted molar refractivity (Wildman–Crippen MR) is 156 cm³/mol. The van der Waals surface area contributed by atoms with E-state index in [2.05, 4.69) is 27.5 Å². The van der Waals surface area contributed by atoms with Gasteiger partial charge in [0.05, 0.1) is 23.5 Å². The zero-order chi connectivity index (χ0) is 28.7. The summed E-state index contributed by atoms with van der Waals surface area (Å²) in [7, 11) is 1.92. The van der Waals surface area contributed by atoms with Crippen LogP contribution in [-0.2, 0) is 6.54 Å². The maximum absolute atomic E-state index is 14.8. The van der Waals surface area contributed by atoms with Gasteiger partial charge >= 0.3 is 0 Å². The molecule has 7 nitrogen and oxygen atoms in total. The van der Waals surface area contributed by atoms with Crippen LogP contribution in [0.3, 0.4) is 0 Å². The Hall–Kier alpha value is -4.21. The van der Waals surface area contributed by atoms with Crippen molar-refractivity contribution in [3.05, 3.63) is 106 Å². The number of halogens is 3. The summed E-state index contributed by atoms with van der Waals surface area (Å²) in [5, 5.41) is 6.90. The number of anilines is 2. The standard InChI is InChI=1S/C31H27ClF2N6O/c1-31(35-2)12-13-40(17-31)29(41)18-6-9-21(10-7-18)38-30-37-16-19-15-36-28(26-24(33)4-3-5-25(26)34)23-14-20(32)8-11-22(23)27(19)39-30/h3-11,14,16,35H,12-13,15,17H2,1-2H3,(H,37,38,39). The van der Waals surface area contributed by atoms with Crippen molar-refractivity contribution in [1.82, 2.24) is 20.2 Å². The Bertz CT molecular complexity index is 1670. The van der Waals surface area contributed by atoms with Crippen molar-refractivity contribution >= 4 is 34.9 Å². The molecular weight excluding hydrogens is 546 g/mol. The lowest BCUT2D eigenvalue weighted by Gasteiger charge is -2.24. The third-order valence-corrected chi connectivity index (χ3v) is 7.95. The van der Waals surface area contributed by atoms with Gasteiger partial charge in [0.25, 0.3) is 5.91 Å². The van der Waals surface area contributed by atoms with Crippen molar-refractivity contribution in [2.45, 2.75) is 25.4 Å². The highest BCUT2D eigenvalue weighted by molar-refractivity contribution is 6.31. The van der Waals surface area contributed by atoms with Crippen molar-refractivity contribution in [2.24, 2.45) is 4.99 Å². The summed E-state index contributed by atoms with van der Waals surface area (Å²) < 4.78 is 29.6. The average Bonchev–Trinajstić information content (AvgIpc) is 3.30. The summed E-state index contributed by atoms with van der Waals surface area (Å²) in [6.45, 7) is 3.62. The molecule has 1 saturated heterocycles. The molecule has 10 heteroatoms. The van der Waals surface area contributed by atoms with Gasteiger partial charge < -0.3 is 15.5 Å². The van der Waals surface area contributed by atoms with E-state index in [1.54, 1.807) is 36.5 Å². The van der Waals surface area contributed by atoms with Gasteiger partial charge in [0.1, 0.15) is 11.6 Å². The second-order valence-corrected chi connectivity index (χ2v) is 10.9. The SMILES string of the molecule is CNC1(C)CCN(C(=O)c2ccc(Nc3ncc4c(n3)-c3ccc(Cl)cc3C(c3c(F)cccc3F)=NC4)cc2)C1. The number of rotatable bonds is 5. The lowest BCUT2D eigenvalue weighted by molar-refractivity contribution is 0.0782. The molecule has 2 aliphatic heterocycles. The second kappa shape index (κ2) is 10.6. The topological polar surface area (TPSA) is 82.5 Å². The van der Waals surface area contributed by atoms with Crippen LogP contribution in [0.25, 0.3) is 11.3 Å². The summed E-state index contributed by atoms with van der Waals surface area (Å²) in [5.41, 5.74) is 3.59. The van der Waals surface area contributed by atoms with Gasteiger partial charge in [0.15, 0.2) is 0 Å².